The smallest absolute Gasteiger partial charge is 0.255 e. The van der Waals surface area contributed by atoms with Crippen molar-refractivity contribution in [3.8, 4) is 5.75 Å². The van der Waals surface area contributed by atoms with Gasteiger partial charge in [-0.3, -0.25) is 10.1 Å². The average Bonchev–Trinajstić information content (AvgIpc) is 2.44. The number of aromatic hydroxyl groups is 1. The van der Waals surface area contributed by atoms with Crippen molar-refractivity contribution in [1.82, 2.24) is 4.98 Å². The molecule has 0 aliphatic rings. The summed E-state index contributed by atoms with van der Waals surface area (Å²) in [6.45, 7) is 1.57. The van der Waals surface area contributed by atoms with Gasteiger partial charge in [-0.1, -0.05) is 0 Å². The first-order valence-corrected chi connectivity index (χ1v) is 6.14. The first-order valence-electron chi connectivity index (χ1n) is 6.14. The number of rotatable bonds is 4. The summed E-state index contributed by atoms with van der Waals surface area (Å²) in [7, 11) is 0. The number of nitrogens with zero attached hydrogens (tertiary/aromatic N) is 1. The van der Waals surface area contributed by atoms with E-state index >= 15 is 0 Å². The molecule has 2 aromatic rings. The standard InChI is InChI=1S/C14H15N3O4/c1-8-2-4-11(13(15)16-8)17-14(19)9-3-5-12(18)10(6-9)7-21-20/h2-6,18,20H,7H2,1H3,(H2,15,16)(H,17,19). The molecule has 0 aliphatic heterocycles. The lowest BCUT2D eigenvalue weighted by Crippen LogP contribution is -2.14. The van der Waals surface area contributed by atoms with Crippen molar-refractivity contribution in [2.45, 2.75) is 13.5 Å². The van der Waals surface area contributed by atoms with E-state index in [0.29, 0.717) is 16.8 Å². The molecule has 0 bridgehead atoms. The number of carbonyl (C=O) groups excluding carboxylic acids is 1. The van der Waals surface area contributed by atoms with Crippen LogP contribution in [0.3, 0.4) is 0 Å². The number of nitrogens with one attached hydrogen (secondary N) is 1. The van der Waals surface area contributed by atoms with E-state index in [-0.39, 0.29) is 18.2 Å². The number of pyridine rings is 1. The van der Waals surface area contributed by atoms with Crippen LogP contribution in [0.1, 0.15) is 21.6 Å². The van der Waals surface area contributed by atoms with E-state index in [1.165, 1.54) is 18.2 Å². The maximum Gasteiger partial charge on any atom is 0.255 e. The molecule has 110 valence electrons. The number of aryl methyl sites for hydroxylation is 1. The van der Waals surface area contributed by atoms with Crippen molar-refractivity contribution in [2.24, 2.45) is 0 Å². The van der Waals surface area contributed by atoms with Gasteiger partial charge in [-0.15, -0.1) is 0 Å². The molecular weight excluding hydrogens is 274 g/mol. The van der Waals surface area contributed by atoms with Crippen LogP contribution in [-0.2, 0) is 11.5 Å². The van der Waals surface area contributed by atoms with Crippen LogP contribution in [0.15, 0.2) is 30.3 Å². The van der Waals surface area contributed by atoms with E-state index < -0.39 is 5.91 Å². The molecule has 0 atom stereocenters. The number of anilines is 2. The Labute approximate surface area is 120 Å². The Balaban J connectivity index is 2.22. The molecular formula is C14H15N3O4. The van der Waals surface area contributed by atoms with Gasteiger partial charge in [-0.25, -0.2) is 9.87 Å². The normalized spacial score (nSPS) is 10.4. The van der Waals surface area contributed by atoms with Gasteiger partial charge in [-0.05, 0) is 37.3 Å². The molecule has 7 heteroatoms. The molecule has 1 aromatic carbocycles. The number of phenols is 1. The first kappa shape index (κ1) is 14.8. The number of benzene rings is 1. The van der Waals surface area contributed by atoms with E-state index in [1.54, 1.807) is 19.1 Å². The van der Waals surface area contributed by atoms with Crippen LogP contribution in [0.5, 0.6) is 5.75 Å². The Hall–Kier alpha value is -2.64. The summed E-state index contributed by atoms with van der Waals surface area (Å²) in [5, 5.41) is 20.6. The van der Waals surface area contributed by atoms with Crippen molar-refractivity contribution in [3.05, 3.63) is 47.2 Å². The fourth-order valence-corrected chi connectivity index (χ4v) is 1.79. The third-order valence-corrected chi connectivity index (χ3v) is 2.87. The fraction of sp³-hybridized carbons (Fsp3) is 0.143. The summed E-state index contributed by atoms with van der Waals surface area (Å²) in [5.74, 6) is -0.260. The van der Waals surface area contributed by atoms with Crippen LogP contribution in [-0.4, -0.2) is 21.3 Å². The highest BCUT2D eigenvalue weighted by Crippen LogP contribution is 2.21. The molecule has 0 saturated heterocycles. The monoisotopic (exact) mass is 289 g/mol. The van der Waals surface area contributed by atoms with Gasteiger partial charge in [0.05, 0.1) is 5.69 Å². The number of aromatic nitrogens is 1. The number of hydrogen-bond donors (Lipinski definition) is 4. The molecule has 0 spiro atoms. The topological polar surface area (TPSA) is 118 Å². The summed E-state index contributed by atoms with van der Waals surface area (Å²) in [4.78, 5) is 20.2. The second kappa shape index (κ2) is 6.21. The van der Waals surface area contributed by atoms with Gasteiger partial charge >= 0.3 is 0 Å². The second-order valence-electron chi connectivity index (χ2n) is 4.46. The number of hydrogen-bond acceptors (Lipinski definition) is 6. The third-order valence-electron chi connectivity index (χ3n) is 2.87. The lowest BCUT2D eigenvalue weighted by Gasteiger charge is -2.09. The minimum absolute atomic E-state index is 0.0721. The van der Waals surface area contributed by atoms with Crippen LogP contribution in [0.25, 0.3) is 0 Å². The fourth-order valence-electron chi connectivity index (χ4n) is 1.79. The quantitative estimate of drug-likeness (QED) is 0.504. The maximum absolute atomic E-state index is 12.1. The lowest BCUT2D eigenvalue weighted by molar-refractivity contribution is -0.253. The summed E-state index contributed by atoms with van der Waals surface area (Å²) >= 11 is 0. The van der Waals surface area contributed by atoms with Gasteiger partial charge in [0.15, 0.2) is 0 Å². The SMILES string of the molecule is Cc1ccc(NC(=O)c2ccc(O)c(COO)c2)c(N)n1. The van der Waals surface area contributed by atoms with Crippen molar-refractivity contribution in [1.29, 1.82) is 0 Å². The average molecular weight is 289 g/mol. The van der Waals surface area contributed by atoms with E-state index in [9.17, 15) is 9.90 Å². The Morgan fingerprint density at radius 3 is 2.81 bits per heavy atom. The maximum atomic E-state index is 12.1. The van der Waals surface area contributed by atoms with E-state index in [1.807, 2.05) is 0 Å². The zero-order chi connectivity index (χ0) is 15.4. The van der Waals surface area contributed by atoms with Crippen LogP contribution in [0, 0.1) is 6.92 Å². The Morgan fingerprint density at radius 2 is 2.14 bits per heavy atom. The zero-order valence-corrected chi connectivity index (χ0v) is 11.3. The summed E-state index contributed by atoms with van der Waals surface area (Å²) in [6, 6.07) is 7.60. The van der Waals surface area contributed by atoms with Gasteiger partial charge in [0.25, 0.3) is 5.91 Å². The molecule has 0 unspecified atom stereocenters. The Kier molecular flexibility index (Phi) is 4.36. The summed E-state index contributed by atoms with van der Waals surface area (Å²) in [5.41, 5.74) is 7.46. The van der Waals surface area contributed by atoms with Gasteiger partial charge in [0, 0.05) is 16.8 Å². The zero-order valence-electron chi connectivity index (χ0n) is 11.3. The largest absolute Gasteiger partial charge is 0.508 e. The minimum Gasteiger partial charge on any atom is -0.508 e. The van der Waals surface area contributed by atoms with Crippen LogP contribution >= 0.6 is 0 Å². The highest BCUT2D eigenvalue weighted by Gasteiger charge is 2.11. The van der Waals surface area contributed by atoms with Gasteiger partial charge in [0.1, 0.15) is 18.2 Å². The molecule has 0 radical (unpaired) electrons. The molecule has 5 N–H and O–H groups in total. The van der Waals surface area contributed by atoms with Crippen molar-refractivity contribution in [2.75, 3.05) is 11.1 Å². The Bertz CT molecular complexity index is 673. The van der Waals surface area contributed by atoms with Crippen molar-refractivity contribution < 1.29 is 20.0 Å². The first-order chi connectivity index (χ1) is 10.0. The molecule has 2 rings (SSSR count). The molecule has 0 fully saturated rings. The van der Waals surface area contributed by atoms with E-state index in [0.717, 1.165) is 5.69 Å². The third kappa shape index (κ3) is 3.47. The second-order valence-corrected chi connectivity index (χ2v) is 4.46. The molecule has 0 aliphatic carbocycles. The highest BCUT2D eigenvalue weighted by molar-refractivity contribution is 6.05. The Morgan fingerprint density at radius 1 is 1.38 bits per heavy atom. The van der Waals surface area contributed by atoms with Crippen LogP contribution in [0.4, 0.5) is 11.5 Å². The predicted molar refractivity (Wildman–Crippen MR) is 76.9 cm³/mol. The van der Waals surface area contributed by atoms with E-state index in [4.69, 9.17) is 11.0 Å². The van der Waals surface area contributed by atoms with Gasteiger partial charge < -0.3 is 16.2 Å². The lowest BCUT2D eigenvalue weighted by atomic mass is 10.1. The van der Waals surface area contributed by atoms with Crippen LogP contribution < -0.4 is 11.1 Å². The number of nitrogen functional groups attached to an aromatic ring is 1. The number of amides is 1. The minimum atomic E-state index is -0.411. The molecule has 1 amide bonds. The molecule has 7 nitrogen and oxygen atoms in total. The van der Waals surface area contributed by atoms with Gasteiger partial charge in [0.2, 0.25) is 0 Å². The molecule has 0 saturated carbocycles. The molecule has 1 heterocycles. The molecule has 1 aromatic heterocycles. The summed E-state index contributed by atoms with van der Waals surface area (Å²) in [6.07, 6.45) is 0. The molecule has 21 heavy (non-hydrogen) atoms. The highest BCUT2D eigenvalue weighted by atomic mass is 17.1. The number of phenolic OH excluding ortho intramolecular Hbond substituents is 1. The predicted octanol–water partition coefficient (Wildman–Crippen LogP) is 1.92. The number of nitrogens with two attached hydrogens (primary N) is 1. The van der Waals surface area contributed by atoms with E-state index in [2.05, 4.69) is 15.2 Å². The van der Waals surface area contributed by atoms with Crippen LogP contribution in [0.2, 0.25) is 0 Å². The van der Waals surface area contributed by atoms with Crippen molar-refractivity contribution >= 4 is 17.4 Å². The van der Waals surface area contributed by atoms with Gasteiger partial charge in [-0.2, -0.15) is 0 Å². The number of carbonyl (C=O) groups is 1. The summed E-state index contributed by atoms with van der Waals surface area (Å²) < 4.78 is 0. The van der Waals surface area contributed by atoms with Crippen molar-refractivity contribution in [3.63, 3.8) is 0 Å².